The van der Waals surface area contributed by atoms with E-state index in [9.17, 15) is 27.9 Å². The highest BCUT2D eigenvalue weighted by Crippen LogP contribution is 2.26. The van der Waals surface area contributed by atoms with Gasteiger partial charge in [-0.2, -0.15) is 4.31 Å². The molecule has 2 aliphatic heterocycles. The molecule has 0 aromatic heterocycles. The number of benzene rings is 2. The molecule has 0 saturated carbocycles. The molecule has 2 heterocycles. The Hall–Kier alpha value is -3.24. The van der Waals surface area contributed by atoms with Crippen molar-refractivity contribution in [2.75, 3.05) is 18.8 Å². The molecule has 2 aromatic carbocycles. The molecule has 35 heavy (non-hydrogen) atoms. The van der Waals surface area contributed by atoms with Crippen LogP contribution in [0.2, 0.25) is 0 Å². The zero-order valence-corrected chi connectivity index (χ0v) is 20.3. The van der Waals surface area contributed by atoms with Gasteiger partial charge in [-0.25, -0.2) is 13.2 Å². The lowest BCUT2D eigenvalue weighted by molar-refractivity contribution is -0.156. The summed E-state index contributed by atoms with van der Waals surface area (Å²) < 4.78 is 26.6. The zero-order valence-electron chi connectivity index (χ0n) is 19.5. The van der Waals surface area contributed by atoms with E-state index in [4.69, 9.17) is 0 Å². The highest BCUT2D eigenvalue weighted by atomic mass is 32.2. The van der Waals surface area contributed by atoms with Crippen LogP contribution in [0.1, 0.15) is 36.5 Å². The van der Waals surface area contributed by atoms with Crippen LogP contribution in [0.25, 0.3) is 10.8 Å². The average molecular weight is 500 g/mol. The van der Waals surface area contributed by atoms with Crippen molar-refractivity contribution in [1.29, 1.82) is 0 Å². The maximum Gasteiger partial charge on any atom is 0.327 e. The van der Waals surface area contributed by atoms with Crippen molar-refractivity contribution < 1.29 is 27.9 Å². The highest BCUT2D eigenvalue weighted by Gasteiger charge is 2.46. The standard InChI is InChI=1S/C25H29N3O6S/c1-2-14-35(33,34)27-15-18-10-4-6-13-21(24(30)28(18)22(16-27)25(31)32)26-23(29)20-12-7-9-17-8-3-5-11-19(17)20/h3-9,11-12,18,21-22H,2,10,13-16H2,1H3,(H,26,29)(H,31,32)/t18-,21-,22-/m0/s1. The number of fused-ring (bicyclic) bond motifs is 2. The Morgan fingerprint density at radius 3 is 2.51 bits per heavy atom. The van der Waals surface area contributed by atoms with Crippen LogP contribution in [0.3, 0.4) is 0 Å². The van der Waals surface area contributed by atoms with Crippen LogP contribution in [0.5, 0.6) is 0 Å². The molecule has 186 valence electrons. The summed E-state index contributed by atoms with van der Waals surface area (Å²) in [6.07, 6.45) is 4.54. The SMILES string of the molecule is CCCS(=O)(=O)N1C[C@@H]2CC=CC[C@H](NC(=O)c3cccc4ccccc34)C(=O)N2[C@H](C(=O)O)C1. The van der Waals surface area contributed by atoms with Crippen molar-refractivity contribution >= 4 is 38.6 Å². The van der Waals surface area contributed by atoms with E-state index in [2.05, 4.69) is 5.32 Å². The average Bonchev–Trinajstić information content (AvgIpc) is 2.83. The van der Waals surface area contributed by atoms with Crippen LogP contribution < -0.4 is 5.32 Å². The first-order valence-corrected chi connectivity index (χ1v) is 13.3. The second kappa shape index (κ2) is 10.2. The number of nitrogens with zero attached hydrogens (tertiary/aromatic N) is 2. The number of carbonyl (C=O) groups excluding carboxylic acids is 2. The Bertz CT molecular complexity index is 1270. The molecule has 0 radical (unpaired) electrons. The normalized spacial score (nSPS) is 23.4. The van der Waals surface area contributed by atoms with Gasteiger partial charge in [-0.15, -0.1) is 0 Å². The molecule has 0 unspecified atom stereocenters. The number of sulfonamides is 1. The molecular formula is C25H29N3O6S. The molecule has 3 atom stereocenters. The van der Waals surface area contributed by atoms with Gasteiger partial charge in [0.15, 0.2) is 0 Å². The number of aliphatic carboxylic acids is 1. The highest BCUT2D eigenvalue weighted by molar-refractivity contribution is 7.89. The summed E-state index contributed by atoms with van der Waals surface area (Å²) in [5.41, 5.74) is 0.420. The number of carboxylic acids is 1. The monoisotopic (exact) mass is 499 g/mol. The van der Waals surface area contributed by atoms with Crippen LogP contribution in [0.15, 0.2) is 54.6 Å². The van der Waals surface area contributed by atoms with E-state index in [1.54, 1.807) is 25.1 Å². The van der Waals surface area contributed by atoms with Crippen LogP contribution in [-0.4, -0.2) is 77.5 Å². The summed E-state index contributed by atoms with van der Waals surface area (Å²) in [4.78, 5) is 40.2. The van der Waals surface area contributed by atoms with Gasteiger partial charge in [0.05, 0.1) is 5.75 Å². The number of rotatable bonds is 6. The largest absolute Gasteiger partial charge is 0.480 e. The lowest BCUT2D eigenvalue weighted by atomic mass is 9.98. The lowest BCUT2D eigenvalue weighted by Crippen LogP contribution is -2.66. The number of carboxylic acid groups (broad SMARTS) is 1. The van der Waals surface area contributed by atoms with Gasteiger partial charge in [-0.3, -0.25) is 9.59 Å². The van der Waals surface area contributed by atoms with Crippen molar-refractivity contribution in [3.8, 4) is 0 Å². The first-order chi connectivity index (χ1) is 16.7. The number of nitrogens with one attached hydrogen (secondary N) is 1. The van der Waals surface area contributed by atoms with Crippen LogP contribution in [0.4, 0.5) is 0 Å². The van der Waals surface area contributed by atoms with Gasteiger partial charge >= 0.3 is 5.97 Å². The van der Waals surface area contributed by atoms with Crippen LogP contribution in [-0.2, 0) is 19.6 Å². The molecule has 0 bridgehead atoms. The molecule has 10 heteroatoms. The third-order valence-corrected chi connectivity index (χ3v) is 8.51. The topological polar surface area (TPSA) is 124 Å². The molecule has 4 rings (SSSR count). The quantitative estimate of drug-likeness (QED) is 0.586. The fourth-order valence-electron chi connectivity index (χ4n) is 4.81. The van der Waals surface area contributed by atoms with Gasteiger partial charge in [-0.1, -0.05) is 55.5 Å². The van der Waals surface area contributed by atoms with E-state index in [0.29, 0.717) is 18.4 Å². The minimum atomic E-state index is -3.64. The molecule has 2 aromatic rings. The molecule has 9 nitrogen and oxygen atoms in total. The predicted molar refractivity (Wildman–Crippen MR) is 131 cm³/mol. The maximum atomic E-state index is 13.6. The Kier molecular flexibility index (Phi) is 7.23. The minimum Gasteiger partial charge on any atom is -0.480 e. The molecule has 2 amide bonds. The number of hydrogen-bond donors (Lipinski definition) is 2. The maximum absolute atomic E-state index is 13.6. The van der Waals surface area contributed by atoms with Crippen LogP contribution in [0, 0.1) is 0 Å². The van der Waals surface area contributed by atoms with E-state index in [-0.39, 0.29) is 25.3 Å². The summed E-state index contributed by atoms with van der Waals surface area (Å²) >= 11 is 0. The smallest absolute Gasteiger partial charge is 0.327 e. The lowest BCUT2D eigenvalue weighted by Gasteiger charge is -2.46. The van der Waals surface area contributed by atoms with Crippen molar-refractivity contribution in [3.63, 3.8) is 0 Å². The molecule has 1 saturated heterocycles. The van der Waals surface area contributed by atoms with Crippen molar-refractivity contribution in [2.24, 2.45) is 0 Å². The molecular weight excluding hydrogens is 470 g/mol. The number of carbonyl (C=O) groups is 3. The van der Waals surface area contributed by atoms with Gasteiger partial charge in [-0.05, 0) is 36.1 Å². The summed E-state index contributed by atoms with van der Waals surface area (Å²) in [6, 6.07) is 9.82. The van der Waals surface area contributed by atoms with E-state index in [1.807, 2.05) is 36.4 Å². The molecule has 1 fully saturated rings. The number of amides is 2. The minimum absolute atomic E-state index is 0.0200. The van der Waals surface area contributed by atoms with Gasteiger partial charge in [0.25, 0.3) is 5.91 Å². The van der Waals surface area contributed by atoms with Gasteiger partial charge in [0.1, 0.15) is 12.1 Å². The van der Waals surface area contributed by atoms with E-state index < -0.39 is 45.9 Å². The van der Waals surface area contributed by atoms with E-state index in [1.165, 1.54) is 9.21 Å². The molecule has 0 spiro atoms. The van der Waals surface area contributed by atoms with Crippen molar-refractivity contribution in [2.45, 2.75) is 44.3 Å². The third-order valence-electron chi connectivity index (χ3n) is 6.50. The Morgan fingerprint density at radius 2 is 1.77 bits per heavy atom. The van der Waals surface area contributed by atoms with E-state index >= 15 is 0 Å². The first-order valence-electron chi connectivity index (χ1n) is 11.7. The first kappa shape index (κ1) is 24.9. The number of hydrogen-bond acceptors (Lipinski definition) is 5. The fourth-order valence-corrected chi connectivity index (χ4v) is 6.35. The van der Waals surface area contributed by atoms with Crippen molar-refractivity contribution in [3.05, 3.63) is 60.2 Å². The Morgan fingerprint density at radius 1 is 1.06 bits per heavy atom. The molecule has 0 aliphatic carbocycles. The zero-order chi connectivity index (χ0) is 25.2. The second-order valence-corrected chi connectivity index (χ2v) is 11.0. The van der Waals surface area contributed by atoms with Crippen molar-refractivity contribution in [1.82, 2.24) is 14.5 Å². The molecule has 2 aliphatic rings. The van der Waals surface area contributed by atoms with Gasteiger partial charge < -0.3 is 15.3 Å². The summed E-state index contributed by atoms with van der Waals surface area (Å²) in [6.45, 7) is 1.45. The number of piperazine rings is 1. The summed E-state index contributed by atoms with van der Waals surface area (Å²) in [5, 5.41) is 14.3. The fraction of sp³-hybridized carbons (Fsp3) is 0.400. The van der Waals surface area contributed by atoms with Gasteiger partial charge in [0, 0.05) is 24.7 Å². The summed E-state index contributed by atoms with van der Waals surface area (Å²) in [7, 11) is -3.64. The summed E-state index contributed by atoms with van der Waals surface area (Å²) in [5.74, 6) is -2.31. The van der Waals surface area contributed by atoms with Gasteiger partial charge in [0.2, 0.25) is 15.9 Å². The molecule has 2 N–H and O–H groups in total. The third kappa shape index (κ3) is 5.08. The van der Waals surface area contributed by atoms with E-state index in [0.717, 1.165) is 10.8 Å². The predicted octanol–water partition coefficient (Wildman–Crippen LogP) is 1.99. The Balaban J connectivity index is 1.62. The second-order valence-electron chi connectivity index (χ2n) is 8.88. The van der Waals surface area contributed by atoms with Crippen LogP contribution >= 0.6 is 0 Å². The Labute approximate surface area is 204 Å².